The minimum absolute atomic E-state index is 0.0695. The molecule has 19 heavy (non-hydrogen) atoms. The number of pyridine rings is 1. The number of halogens is 1. The molecule has 100 valence electrons. The van der Waals surface area contributed by atoms with Crippen LogP contribution in [0.2, 0.25) is 5.15 Å². The first-order valence-electron chi connectivity index (χ1n) is 6.26. The Labute approximate surface area is 119 Å². The van der Waals surface area contributed by atoms with Gasteiger partial charge in [0.1, 0.15) is 10.8 Å². The maximum Gasteiger partial charge on any atom is 0.180 e. The Hall–Kier alpha value is -1.48. The van der Waals surface area contributed by atoms with Crippen LogP contribution in [0.1, 0.15) is 37.6 Å². The molecule has 0 aliphatic heterocycles. The number of hydrogen-bond acceptors (Lipinski definition) is 3. The normalized spacial score (nSPS) is 11.7. The molecule has 0 N–H and O–H groups in total. The average molecular weight is 276 g/mol. The van der Waals surface area contributed by atoms with Gasteiger partial charge in [0.25, 0.3) is 0 Å². The Balaban J connectivity index is 2.59. The topological polar surface area (TPSA) is 38.7 Å². The second kappa shape index (κ2) is 4.89. The maximum absolute atomic E-state index is 6.11. The van der Waals surface area contributed by atoms with E-state index in [1.807, 2.05) is 26.1 Å². The first-order valence-corrected chi connectivity index (χ1v) is 6.64. The number of aromatic nitrogens is 3. The quantitative estimate of drug-likeness (QED) is 0.735. The van der Waals surface area contributed by atoms with Crippen molar-refractivity contribution in [1.82, 2.24) is 15.0 Å². The number of hydrogen-bond donors (Lipinski definition) is 0. The van der Waals surface area contributed by atoms with Crippen molar-refractivity contribution in [3.8, 4) is 11.5 Å². The van der Waals surface area contributed by atoms with E-state index < -0.39 is 0 Å². The van der Waals surface area contributed by atoms with Crippen LogP contribution in [0.15, 0.2) is 18.3 Å². The molecule has 0 atom stereocenters. The smallest absolute Gasteiger partial charge is 0.180 e. The molecule has 0 aromatic carbocycles. The minimum atomic E-state index is -0.0695. The molecule has 2 rings (SSSR count). The molecule has 0 saturated heterocycles. The third kappa shape index (κ3) is 3.10. The van der Waals surface area contributed by atoms with Gasteiger partial charge in [-0.05, 0) is 31.0 Å². The molecule has 0 fully saturated rings. The molecule has 2 aromatic heterocycles. The molecular formula is C15H18ClN3. The Bertz CT molecular complexity index is 615. The monoisotopic (exact) mass is 275 g/mol. The van der Waals surface area contributed by atoms with Gasteiger partial charge in [0.05, 0.1) is 5.69 Å². The van der Waals surface area contributed by atoms with Crippen molar-refractivity contribution in [3.05, 3.63) is 40.3 Å². The summed E-state index contributed by atoms with van der Waals surface area (Å²) in [5, 5.41) is 0.455. The summed E-state index contributed by atoms with van der Waals surface area (Å²) < 4.78 is 0. The zero-order valence-corrected chi connectivity index (χ0v) is 12.7. The van der Waals surface area contributed by atoms with Crippen LogP contribution in [-0.2, 0) is 5.41 Å². The van der Waals surface area contributed by atoms with E-state index in [2.05, 4.69) is 41.8 Å². The molecule has 4 heteroatoms. The molecule has 0 spiro atoms. The van der Waals surface area contributed by atoms with Crippen molar-refractivity contribution in [2.24, 2.45) is 0 Å². The second-order valence-corrected chi connectivity index (χ2v) is 6.21. The van der Waals surface area contributed by atoms with Crippen LogP contribution in [0.3, 0.4) is 0 Å². The van der Waals surface area contributed by atoms with Gasteiger partial charge < -0.3 is 0 Å². The fourth-order valence-electron chi connectivity index (χ4n) is 1.86. The van der Waals surface area contributed by atoms with Crippen molar-refractivity contribution < 1.29 is 0 Å². The van der Waals surface area contributed by atoms with E-state index in [-0.39, 0.29) is 5.41 Å². The van der Waals surface area contributed by atoms with E-state index >= 15 is 0 Å². The third-order valence-electron chi connectivity index (χ3n) is 2.89. The fraction of sp³-hybridized carbons (Fsp3) is 0.400. The first-order chi connectivity index (χ1) is 8.77. The summed E-state index contributed by atoms with van der Waals surface area (Å²) in [6, 6.07) is 3.89. The molecule has 2 aromatic rings. The van der Waals surface area contributed by atoms with E-state index in [0.29, 0.717) is 11.0 Å². The summed E-state index contributed by atoms with van der Waals surface area (Å²) in [7, 11) is 0. The largest absolute Gasteiger partial charge is 0.252 e. The first kappa shape index (κ1) is 13.9. The van der Waals surface area contributed by atoms with Crippen LogP contribution < -0.4 is 0 Å². The van der Waals surface area contributed by atoms with Gasteiger partial charge in [0.2, 0.25) is 0 Å². The summed E-state index contributed by atoms with van der Waals surface area (Å²) in [5.41, 5.74) is 3.82. The maximum atomic E-state index is 6.11. The zero-order valence-electron chi connectivity index (χ0n) is 12.0. The second-order valence-electron chi connectivity index (χ2n) is 5.83. The van der Waals surface area contributed by atoms with Crippen LogP contribution in [0.25, 0.3) is 11.5 Å². The summed E-state index contributed by atoms with van der Waals surface area (Å²) in [6.07, 6.45) is 1.82. The number of aryl methyl sites for hydroxylation is 2. The standard InChI is InChI=1S/C15H18ClN3/c1-9-6-10(2)13(17-8-9)14-18-11(15(3,4)5)7-12(16)19-14/h6-8H,1-5H3. The van der Waals surface area contributed by atoms with Crippen molar-refractivity contribution in [2.45, 2.75) is 40.0 Å². The van der Waals surface area contributed by atoms with Crippen LogP contribution >= 0.6 is 11.6 Å². The van der Waals surface area contributed by atoms with Gasteiger partial charge in [0.15, 0.2) is 5.82 Å². The fourth-order valence-corrected chi connectivity index (χ4v) is 2.04. The van der Waals surface area contributed by atoms with Gasteiger partial charge in [-0.3, -0.25) is 4.98 Å². The van der Waals surface area contributed by atoms with E-state index in [9.17, 15) is 0 Å². The predicted octanol–water partition coefficient (Wildman–Crippen LogP) is 4.11. The van der Waals surface area contributed by atoms with Gasteiger partial charge >= 0.3 is 0 Å². The lowest BCUT2D eigenvalue weighted by Gasteiger charge is -2.18. The highest BCUT2D eigenvalue weighted by molar-refractivity contribution is 6.29. The number of rotatable bonds is 1. The Kier molecular flexibility index (Phi) is 3.59. The minimum Gasteiger partial charge on any atom is -0.252 e. The highest BCUT2D eigenvalue weighted by Crippen LogP contribution is 2.26. The van der Waals surface area contributed by atoms with E-state index in [4.69, 9.17) is 11.6 Å². The van der Waals surface area contributed by atoms with Crippen molar-refractivity contribution in [1.29, 1.82) is 0 Å². The van der Waals surface area contributed by atoms with Crippen molar-refractivity contribution >= 4 is 11.6 Å². The highest BCUT2D eigenvalue weighted by atomic mass is 35.5. The van der Waals surface area contributed by atoms with Crippen LogP contribution in [0.4, 0.5) is 0 Å². The summed E-state index contributed by atoms with van der Waals surface area (Å²) in [5.74, 6) is 0.593. The summed E-state index contributed by atoms with van der Waals surface area (Å²) in [4.78, 5) is 13.3. The number of nitrogens with zero attached hydrogens (tertiary/aromatic N) is 3. The van der Waals surface area contributed by atoms with Crippen LogP contribution in [-0.4, -0.2) is 15.0 Å². The van der Waals surface area contributed by atoms with Crippen molar-refractivity contribution in [2.75, 3.05) is 0 Å². The molecule has 0 radical (unpaired) electrons. The third-order valence-corrected chi connectivity index (χ3v) is 3.08. The molecule has 2 heterocycles. The van der Waals surface area contributed by atoms with Crippen LogP contribution in [0.5, 0.6) is 0 Å². The zero-order chi connectivity index (χ0) is 14.2. The molecule has 0 amide bonds. The van der Waals surface area contributed by atoms with Gasteiger partial charge in [-0.1, -0.05) is 38.4 Å². The van der Waals surface area contributed by atoms with Gasteiger partial charge in [-0.2, -0.15) is 0 Å². The summed E-state index contributed by atoms with van der Waals surface area (Å²) in [6.45, 7) is 10.3. The molecule has 0 aliphatic carbocycles. The summed E-state index contributed by atoms with van der Waals surface area (Å²) >= 11 is 6.11. The lowest BCUT2D eigenvalue weighted by Crippen LogP contribution is -2.15. The highest BCUT2D eigenvalue weighted by Gasteiger charge is 2.19. The lowest BCUT2D eigenvalue weighted by molar-refractivity contribution is 0.567. The molecule has 0 aliphatic rings. The average Bonchev–Trinajstić information content (AvgIpc) is 2.26. The molecule has 0 bridgehead atoms. The van der Waals surface area contributed by atoms with Crippen LogP contribution in [0, 0.1) is 13.8 Å². The Morgan fingerprint density at radius 2 is 1.74 bits per heavy atom. The lowest BCUT2D eigenvalue weighted by atomic mass is 9.92. The molecular weight excluding hydrogens is 258 g/mol. The van der Waals surface area contributed by atoms with Gasteiger partial charge in [-0.25, -0.2) is 9.97 Å². The Morgan fingerprint density at radius 3 is 2.32 bits per heavy atom. The Morgan fingerprint density at radius 1 is 1.05 bits per heavy atom. The van der Waals surface area contributed by atoms with E-state index in [1.54, 1.807) is 0 Å². The molecule has 0 unspecified atom stereocenters. The van der Waals surface area contributed by atoms with E-state index in [0.717, 1.165) is 22.5 Å². The van der Waals surface area contributed by atoms with Gasteiger partial charge in [0, 0.05) is 11.6 Å². The molecule has 0 saturated carbocycles. The van der Waals surface area contributed by atoms with E-state index in [1.165, 1.54) is 0 Å². The predicted molar refractivity (Wildman–Crippen MR) is 78.4 cm³/mol. The van der Waals surface area contributed by atoms with Gasteiger partial charge in [-0.15, -0.1) is 0 Å². The van der Waals surface area contributed by atoms with Crippen molar-refractivity contribution in [3.63, 3.8) is 0 Å². The molecule has 3 nitrogen and oxygen atoms in total. The SMILES string of the molecule is Cc1cnc(-c2nc(Cl)cc(C(C)(C)C)n2)c(C)c1.